The Hall–Kier alpha value is -3.91. The van der Waals surface area contributed by atoms with E-state index in [0.717, 1.165) is 23.1 Å². The molecule has 0 aliphatic rings. The minimum absolute atomic E-state index is 0.0537. The van der Waals surface area contributed by atoms with Crippen LogP contribution in [0.15, 0.2) is 88.5 Å². The van der Waals surface area contributed by atoms with Gasteiger partial charge in [0.2, 0.25) is 11.8 Å². The summed E-state index contributed by atoms with van der Waals surface area (Å²) in [5.41, 5.74) is 2.19. The lowest BCUT2D eigenvalue weighted by Crippen LogP contribution is -2.17. The topological polar surface area (TPSA) is 94.3 Å². The molecule has 3 aromatic carbocycles. The Morgan fingerprint density at radius 1 is 0.938 bits per heavy atom. The Kier molecular flexibility index (Phi) is 6.62. The third kappa shape index (κ3) is 5.04. The summed E-state index contributed by atoms with van der Waals surface area (Å²) in [6.45, 7) is 0. The number of hydrogen-bond acceptors (Lipinski definition) is 7. The summed E-state index contributed by atoms with van der Waals surface area (Å²) < 4.78 is 10.8. The summed E-state index contributed by atoms with van der Waals surface area (Å²) in [5, 5.41) is 11.1. The van der Waals surface area contributed by atoms with Crippen LogP contribution < -0.4 is 10.1 Å². The van der Waals surface area contributed by atoms with Crippen molar-refractivity contribution in [1.82, 2.24) is 10.2 Å². The molecule has 1 aromatic heterocycles. The second kappa shape index (κ2) is 9.93. The SMILES string of the molecule is COc1ccc(-c2nnc(SCC(=O)Nc3ccccc3C(=O)c3ccccc3)o2)cc1. The first-order valence-electron chi connectivity index (χ1n) is 9.73. The van der Waals surface area contributed by atoms with Gasteiger partial charge in [0.15, 0.2) is 5.78 Å². The van der Waals surface area contributed by atoms with Gasteiger partial charge in [-0.1, -0.05) is 54.2 Å². The number of anilines is 1. The van der Waals surface area contributed by atoms with Gasteiger partial charge in [0.05, 0.1) is 18.6 Å². The predicted octanol–water partition coefficient (Wildman–Crippen LogP) is 4.71. The highest BCUT2D eigenvalue weighted by Gasteiger charge is 2.16. The number of methoxy groups -OCH3 is 1. The number of carbonyl (C=O) groups excluding carboxylic acids is 2. The summed E-state index contributed by atoms with van der Waals surface area (Å²) in [4.78, 5) is 25.3. The van der Waals surface area contributed by atoms with Gasteiger partial charge in [-0.3, -0.25) is 9.59 Å². The lowest BCUT2D eigenvalue weighted by Gasteiger charge is -2.10. The van der Waals surface area contributed by atoms with Crippen LogP contribution in [0, 0.1) is 0 Å². The summed E-state index contributed by atoms with van der Waals surface area (Å²) in [6, 6.07) is 23.1. The fraction of sp³-hybridized carbons (Fsp3) is 0.0833. The normalized spacial score (nSPS) is 10.5. The number of rotatable bonds is 8. The number of thioether (sulfide) groups is 1. The molecular weight excluding hydrogens is 426 g/mol. The van der Waals surface area contributed by atoms with E-state index in [-0.39, 0.29) is 22.7 Å². The molecule has 0 spiro atoms. The molecule has 160 valence electrons. The monoisotopic (exact) mass is 445 g/mol. The lowest BCUT2D eigenvalue weighted by molar-refractivity contribution is -0.113. The molecule has 0 saturated heterocycles. The molecule has 1 N–H and O–H groups in total. The third-order valence-corrected chi connectivity index (χ3v) is 5.37. The molecule has 7 nitrogen and oxygen atoms in total. The zero-order valence-corrected chi connectivity index (χ0v) is 18.0. The van der Waals surface area contributed by atoms with Crippen molar-refractivity contribution in [3.8, 4) is 17.2 Å². The molecule has 0 bridgehead atoms. The van der Waals surface area contributed by atoms with Crippen LogP contribution in [0.4, 0.5) is 5.69 Å². The molecule has 32 heavy (non-hydrogen) atoms. The number of benzene rings is 3. The second-order valence-electron chi connectivity index (χ2n) is 6.68. The van der Waals surface area contributed by atoms with E-state index in [4.69, 9.17) is 9.15 Å². The minimum atomic E-state index is -0.285. The highest BCUT2D eigenvalue weighted by Crippen LogP contribution is 2.25. The first-order chi connectivity index (χ1) is 15.6. The predicted molar refractivity (Wildman–Crippen MR) is 122 cm³/mol. The number of ketones is 1. The van der Waals surface area contributed by atoms with Crippen LogP contribution in [-0.4, -0.2) is 34.8 Å². The van der Waals surface area contributed by atoms with E-state index in [1.807, 2.05) is 18.2 Å². The molecule has 0 unspecified atom stereocenters. The van der Waals surface area contributed by atoms with Crippen molar-refractivity contribution in [1.29, 1.82) is 0 Å². The largest absolute Gasteiger partial charge is 0.497 e. The van der Waals surface area contributed by atoms with Crippen LogP contribution in [0.5, 0.6) is 5.75 Å². The molecular formula is C24H19N3O4S. The Bertz CT molecular complexity index is 1220. The number of nitrogens with zero attached hydrogens (tertiary/aromatic N) is 2. The lowest BCUT2D eigenvalue weighted by atomic mass is 10.0. The van der Waals surface area contributed by atoms with Gasteiger partial charge >= 0.3 is 0 Å². The van der Waals surface area contributed by atoms with E-state index >= 15 is 0 Å². The Morgan fingerprint density at radius 2 is 1.66 bits per heavy atom. The van der Waals surface area contributed by atoms with E-state index < -0.39 is 0 Å². The molecule has 8 heteroatoms. The smallest absolute Gasteiger partial charge is 0.277 e. The third-order valence-electron chi connectivity index (χ3n) is 4.55. The maximum absolute atomic E-state index is 12.8. The number of nitrogens with one attached hydrogen (secondary N) is 1. The number of aromatic nitrogens is 2. The Labute approximate surface area is 188 Å². The first-order valence-corrected chi connectivity index (χ1v) is 10.7. The van der Waals surface area contributed by atoms with E-state index in [1.54, 1.807) is 67.8 Å². The van der Waals surface area contributed by atoms with Crippen LogP contribution in [0.25, 0.3) is 11.5 Å². The molecule has 0 aliphatic carbocycles. The van der Waals surface area contributed by atoms with Crippen molar-refractivity contribution in [3.05, 3.63) is 90.0 Å². The molecule has 4 aromatic rings. The molecule has 0 aliphatic heterocycles. The molecule has 0 saturated carbocycles. The second-order valence-corrected chi connectivity index (χ2v) is 7.61. The van der Waals surface area contributed by atoms with E-state index in [1.165, 1.54) is 0 Å². The quantitative estimate of drug-likeness (QED) is 0.310. The van der Waals surface area contributed by atoms with Crippen molar-refractivity contribution in [3.63, 3.8) is 0 Å². The van der Waals surface area contributed by atoms with Gasteiger partial charge in [-0.05, 0) is 36.4 Å². The van der Waals surface area contributed by atoms with Crippen LogP contribution in [0.3, 0.4) is 0 Å². The first kappa shape index (κ1) is 21.3. The van der Waals surface area contributed by atoms with Gasteiger partial charge in [-0.15, -0.1) is 10.2 Å². The van der Waals surface area contributed by atoms with Crippen molar-refractivity contribution in [2.24, 2.45) is 0 Å². The number of ether oxygens (including phenoxy) is 1. The highest BCUT2D eigenvalue weighted by atomic mass is 32.2. The van der Waals surface area contributed by atoms with Crippen molar-refractivity contribution in [2.45, 2.75) is 5.22 Å². The molecule has 4 rings (SSSR count). The standard InChI is InChI=1S/C24H19N3O4S/c1-30-18-13-11-17(12-14-18)23-26-27-24(31-23)32-15-21(28)25-20-10-6-5-9-19(20)22(29)16-7-3-2-4-8-16/h2-14H,15H2,1H3,(H,25,28). The fourth-order valence-corrected chi connectivity index (χ4v) is 3.53. The Morgan fingerprint density at radius 3 is 2.41 bits per heavy atom. The average Bonchev–Trinajstić information content (AvgIpc) is 3.32. The zero-order valence-electron chi connectivity index (χ0n) is 17.1. The number of amides is 1. The molecule has 0 atom stereocenters. The van der Waals surface area contributed by atoms with Crippen LogP contribution in [0.2, 0.25) is 0 Å². The number of hydrogen-bond donors (Lipinski definition) is 1. The summed E-state index contributed by atoms with van der Waals surface area (Å²) in [7, 11) is 1.59. The molecule has 1 amide bonds. The number of carbonyl (C=O) groups is 2. The zero-order chi connectivity index (χ0) is 22.3. The van der Waals surface area contributed by atoms with Crippen LogP contribution >= 0.6 is 11.8 Å². The van der Waals surface area contributed by atoms with Gasteiger partial charge in [0, 0.05) is 16.7 Å². The van der Waals surface area contributed by atoms with Gasteiger partial charge in [-0.25, -0.2) is 0 Å². The van der Waals surface area contributed by atoms with Gasteiger partial charge in [0.25, 0.3) is 5.22 Å². The van der Waals surface area contributed by atoms with Crippen LogP contribution in [-0.2, 0) is 4.79 Å². The van der Waals surface area contributed by atoms with Crippen molar-refractivity contribution >= 4 is 29.1 Å². The maximum Gasteiger partial charge on any atom is 0.277 e. The van der Waals surface area contributed by atoms with E-state index in [9.17, 15) is 9.59 Å². The van der Waals surface area contributed by atoms with Crippen molar-refractivity contribution < 1.29 is 18.7 Å². The maximum atomic E-state index is 12.8. The summed E-state index contributed by atoms with van der Waals surface area (Å²) in [6.07, 6.45) is 0. The molecule has 1 heterocycles. The summed E-state index contributed by atoms with van der Waals surface area (Å²) >= 11 is 1.12. The average molecular weight is 446 g/mol. The van der Waals surface area contributed by atoms with Crippen molar-refractivity contribution in [2.75, 3.05) is 18.2 Å². The fourth-order valence-electron chi connectivity index (χ4n) is 2.97. The Balaban J connectivity index is 1.39. The molecule has 0 fully saturated rings. The number of para-hydroxylation sites is 1. The highest BCUT2D eigenvalue weighted by molar-refractivity contribution is 7.99. The van der Waals surface area contributed by atoms with Gasteiger partial charge in [-0.2, -0.15) is 0 Å². The summed E-state index contributed by atoms with van der Waals surface area (Å²) in [5.74, 6) is 0.695. The van der Waals surface area contributed by atoms with E-state index in [2.05, 4.69) is 15.5 Å². The van der Waals surface area contributed by atoms with Crippen LogP contribution in [0.1, 0.15) is 15.9 Å². The minimum Gasteiger partial charge on any atom is -0.497 e. The molecule has 0 radical (unpaired) electrons. The van der Waals surface area contributed by atoms with Gasteiger partial charge in [0.1, 0.15) is 5.75 Å². The van der Waals surface area contributed by atoms with E-state index in [0.29, 0.717) is 22.7 Å². The van der Waals surface area contributed by atoms with Gasteiger partial charge < -0.3 is 14.5 Å².